The first-order chi connectivity index (χ1) is 8.22. The number of hydrogen-bond acceptors (Lipinski definition) is 1. The molecular weight excluding hydrogens is 206 g/mol. The molecule has 1 nitrogen and oxygen atoms in total. The van der Waals surface area contributed by atoms with Crippen LogP contribution in [0.2, 0.25) is 0 Å². The van der Waals surface area contributed by atoms with Crippen molar-refractivity contribution in [1.82, 2.24) is 5.32 Å². The Morgan fingerprint density at radius 2 is 2.06 bits per heavy atom. The SMILES string of the molecule is CCCNC(c1cc(C)ccc1C)C1CCC1. The number of hydrogen-bond donors (Lipinski definition) is 1. The molecule has 0 bridgehead atoms. The van der Waals surface area contributed by atoms with Crippen molar-refractivity contribution in [2.24, 2.45) is 5.92 Å². The van der Waals surface area contributed by atoms with Crippen molar-refractivity contribution in [2.45, 2.75) is 52.5 Å². The molecule has 1 atom stereocenters. The molecule has 1 aromatic carbocycles. The van der Waals surface area contributed by atoms with Gasteiger partial charge in [0.05, 0.1) is 0 Å². The van der Waals surface area contributed by atoms with Gasteiger partial charge in [0.2, 0.25) is 0 Å². The first-order valence-electron chi connectivity index (χ1n) is 7.03. The number of benzene rings is 1. The lowest BCUT2D eigenvalue weighted by Crippen LogP contribution is -2.33. The van der Waals surface area contributed by atoms with Gasteiger partial charge in [-0.15, -0.1) is 0 Å². The minimum Gasteiger partial charge on any atom is -0.310 e. The quantitative estimate of drug-likeness (QED) is 0.803. The third kappa shape index (κ3) is 2.90. The van der Waals surface area contributed by atoms with Gasteiger partial charge in [0.1, 0.15) is 0 Å². The van der Waals surface area contributed by atoms with Crippen molar-refractivity contribution in [3.63, 3.8) is 0 Å². The van der Waals surface area contributed by atoms with Crippen LogP contribution in [0.4, 0.5) is 0 Å². The second kappa shape index (κ2) is 5.68. The lowest BCUT2D eigenvalue weighted by atomic mass is 9.76. The van der Waals surface area contributed by atoms with Gasteiger partial charge < -0.3 is 5.32 Å². The van der Waals surface area contributed by atoms with Crippen LogP contribution in [0.3, 0.4) is 0 Å². The Hall–Kier alpha value is -0.820. The Bertz CT molecular complexity index is 366. The minimum absolute atomic E-state index is 0.587. The van der Waals surface area contributed by atoms with E-state index in [0.29, 0.717) is 6.04 Å². The number of rotatable bonds is 5. The van der Waals surface area contributed by atoms with Gasteiger partial charge in [0, 0.05) is 6.04 Å². The molecule has 0 amide bonds. The summed E-state index contributed by atoms with van der Waals surface area (Å²) in [6, 6.07) is 7.45. The third-order valence-electron chi connectivity index (χ3n) is 4.01. The number of nitrogens with one attached hydrogen (secondary N) is 1. The fourth-order valence-corrected chi connectivity index (χ4v) is 2.70. The van der Waals surface area contributed by atoms with Crippen LogP contribution in [-0.2, 0) is 0 Å². The van der Waals surface area contributed by atoms with Crippen LogP contribution in [0.25, 0.3) is 0 Å². The van der Waals surface area contributed by atoms with E-state index in [4.69, 9.17) is 0 Å². The van der Waals surface area contributed by atoms with Gasteiger partial charge in [0.25, 0.3) is 0 Å². The Labute approximate surface area is 106 Å². The first-order valence-corrected chi connectivity index (χ1v) is 7.03. The van der Waals surface area contributed by atoms with Gasteiger partial charge in [0.15, 0.2) is 0 Å². The predicted octanol–water partition coefficient (Wildman–Crippen LogP) is 4.14. The Morgan fingerprint density at radius 1 is 1.29 bits per heavy atom. The van der Waals surface area contributed by atoms with E-state index >= 15 is 0 Å². The van der Waals surface area contributed by atoms with E-state index in [1.807, 2.05) is 0 Å². The summed E-state index contributed by atoms with van der Waals surface area (Å²) in [5.74, 6) is 0.863. The van der Waals surface area contributed by atoms with Crippen LogP contribution in [0.15, 0.2) is 18.2 Å². The zero-order chi connectivity index (χ0) is 12.3. The van der Waals surface area contributed by atoms with Crippen molar-refractivity contribution >= 4 is 0 Å². The van der Waals surface area contributed by atoms with Gasteiger partial charge in [-0.05, 0) is 56.7 Å². The summed E-state index contributed by atoms with van der Waals surface area (Å²) in [7, 11) is 0. The molecule has 1 unspecified atom stereocenters. The summed E-state index contributed by atoms with van der Waals surface area (Å²) < 4.78 is 0. The second-order valence-electron chi connectivity index (χ2n) is 5.48. The van der Waals surface area contributed by atoms with Crippen LogP contribution < -0.4 is 5.32 Å². The zero-order valence-electron chi connectivity index (χ0n) is 11.4. The summed E-state index contributed by atoms with van der Waals surface area (Å²) in [5.41, 5.74) is 4.35. The summed E-state index contributed by atoms with van der Waals surface area (Å²) in [5, 5.41) is 3.76. The van der Waals surface area contributed by atoms with Crippen LogP contribution in [0, 0.1) is 19.8 Å². The molecule has 1 aromatic rings. The molecule has 1 aliphatic carbocycles. The average molecular weight is 231 g/mol. The van der Waals surface area contributed by atoms with Gasteiger partial charge in [-0.3, -0.25) is 0 Å². The van der Waals surface area contributed by atoms with E-state index in [1.54, 1.807) is 0 Å². The van der Waals surface area contributed by atoms with Gasteiger partial charge in [-0.1, -0.05) is 37.1 Å². The summed E-state index contributed by atoms with van der Waals surface area (Å²) in [6.45, 7) is 7.82. The van der Waals surface area contributed by atoms with E-state index in [0.717, 1.165) is 12.5 Å². The molecule has 1 saturated carbocycles. The molecule has 0 heterocycles. The summed E-state index contributed by atoms with van der Waals surface area (Å²) >= 11 is 0. The smallest absolute Gasteiger partial charge is 0.0351 e. The lowest BCUT2D eigenvalue weighted by molar-refractivity contribution is 0.230. The molecule has 17 heavy (non-hydrogen) atoms. The largest absolute Gasteiger partial charge is 0.310 e. The molecule has 0 aliphatic heterocycles. The highest BCUT2D eigenvalue weighted by Gasteiger charge is 2.28. The highest BCUT2D eigenvalue weighted by atomic mass is 14.9. The van der Waals surface area contributed by atoms with Crippen molar-refractivity contribution < 1.29 is 0 Å². The maximum absolute atomic E-state index is 3.76. The number of aryl methyl sites for hydroxylation is 2. The summed E-state index contributed by atoms with van der Waals surface area (Å²) in [6.07, 6.45) is 5.43. The topological polar surface area (TPSA) is 12.0 Å². The van der Waals surface area contributed by atoms with Crippen LogP contribution in [0.1, 0.15) is 55.3 Å². The Kier molecular flexibility index (Phi) is 4.22. The molecular formula is C16H25N. The predicted molar refractivity (Wildman–Crippen MR) is 74.3 cm³/mol. The average Bonchev–Trinajstić information content (AvgIpc) is 2.25. The van der Waals surface area contributed by atoms with Crippen molar-refractivity contribution in [1.29, 1.82) is 0 Å². The maximum atomic E-state index is 3.76. The van der Waals surface area contributed by atoms with E-state index in [9.17, 15) is 0 Å². The minimum atomic E-state index is 0.587. The van der Waals surface area contributed by atoms with Gasteiger partial charge >= 0.3 is 0 Å². The molecule has 1 heteroatoms. The molecule has 2 rings (SSSR count). The second-order valence-corrected chi connectivity index (χ2v) is 5.48. The molecule has 94 valence electrons. The summed E-state index contributed by atoms with van der Waals surface area (Å²) in [4.78, 5) is 0. The molecule has 0 saturated heterocycles. The standard InChI is InChI=1S/C16H25N/c1-4-10-17-16(14-6-5-7-14)15-11-12(2)8-9-13(15)3/h8-9,11,14,16-17H,4-7,10H2,1-3H3. The maximum Gasteiger partial charge on any atom is 0.0351 e. The monoisotopic (exact) mass is 231 g/mol. The van der Waals surface area contributed by atoms with Crippen LogP contribution in [0.5, 0.6) is 0 Å². The highest BCUT2D eigenvalue weighted by Crippen LogP contribution is 2.38. The van der Waals surface area contributed by atoms with Crippen molar-refractivity contribution in [3.8, 4) is 0 Å². The van der Waals surface area contributed by atoms with Crippen molar-refractivity contribution in [3.05, 3.63) is 34.9 Å². The highest BCUT2D eigenvalue weighted by molar-refractivity contribution is 5.33. The molecule has 0 radical (unpaired) electrons. The fourth-order valence-electron chi connectivity index (χ4n) is 2.70. The van der Waals surface area contributed by atoms with Crippen LogP contribution >= 0.6 is 0 Å². The van der Waals surface area contributed by atoms with E-state index in [2.05, 4.69) is 44.3 Å². The van der Waals surface area contributed by atoms with E-state index in [-0.39, 0.29) is 0 Å². The first kappa shape index (κ1) is 12.6. The van der Waals surface area contributed by atoms with Crippen molar-refractivity contribution in [2.75, 3.05) is 6.54 Å². The van der Waals surface area contributed by atoms with E-state index < -0.39 is 0 Å². The van der Waals surface area contributed by atoms with Gasteiger partial charge in [-0.2, -0.15) is 0 Å². The third-order valence-corrected chi connectivity index (χ3v) is 4.01. The molecule has 0 aromatic heterocycles. The molecule has 1 aliphatic rings. The van der Waals surface area contributed by atoms with E-state index in [1.165, 1.54) is 42.4 Å². The fraction of sp³-hybridized carbons (Fsp3) is 0.625. The Balaban J connectivity index is 2.20. The lowest BCUT2D eigenvalue weighted by Gasteiger charge is -2.35. The Morgan fingerprint density at radius 3 is 2.65 bits per heavy atom. The zero-order valence-corrected chi connectivity index (χ0v) is 11.4. The molecule has 0 spiro atoms. The van der Waals surface area contributed by atoms with Crippen LogP contribution in [-0.4, -0.2) is 6.54 Å². The molecule has 1 N–H and O–H groups in total. The molecule has 1 fully saturated rings. The van der Waals surface area contributed by atoms with Gasteiger partial charge in [-0.25, -0.2) is 0 Å². The normalized spacial score (nSPS) is 17.8.